The molecule has 0 saturated carbocycles. The van der Waals surface area contributed by atoms with Gasteiger partial charge in [0.25, 0.3) is 5.91 Å². The topological polar surface area (TPSA) is 59.9 Å². The zero-order chi connectivity index (χ0) is 21.5. The molecule has 0 heterocycles. The number of para-hydroxylation sites is 1. The van der Waals surface area contributed by atoms with Crippen molar-refractivity contribution >= 4 is 57.9 Å². The van der Waals surface area contributed by atoms with Gasteiger partial charge < -0.3 is 9.47 Å². The van der Waals surface area contributed by atoms with Crippen molar-refractivity contribution < 1.29 is 14.3 Å². The molecular weight excluding hydrogens is 538 g/mol. The first kappa shape index (κ1) is 22.4. The largest absolute Gasteiger partial charge is 0.493 e. The standard InChI is InChI=1S/C22H17Cl2IN2O3/c1-29-20-7-3-5-15(12-26-27-22(28)14-4-2-6-18(25)10-14)21(20)30-13-16-8-9-17(23)11-19(16)24/h2-12H,13H2,1H3,(H,27,28)/b26-12-. The first-order valence-electron chi connectivity index (χ1n) is 8.80. The number of hydrazone groups is 1. The van der Waals surface area contributed by atoms with Gasteiger partial charge in [-0.05, 0) is 65.1 Å². The van der Waals surface area contributed by atoms with E-state index in [9.17, 15) is 4.79 Å². The van der Waals surface area contributed by atoms with Gasteiger partial charge in [-0.1, -0.05) is 41.4 Å². The molecule has 0 radical (unpaired) electrons. The van der Waals surface area contributed by atoms with E-state index in [4.69, 9.17) is 32.7 Å². The lowest BCUT2D eigenvalue weighted by molar-refractivity contribution is 0.0955. The fourth-order valence-corrected chi connectivity index (χ4v) is 3.60. The monoisotopic (exact) mass is 554 g/mol. The summed E-state index contributed by atoms with van der Waals surface area (Å²) in [4.78, 5) is 12.3. The Bertz CT molecular complexity index is 1090. The van der Waals surface area contributed by atoms with E-state index in [2.05, 4.69) is 33.1 Å². The van der Waals surface area contributed by atoms with Crippen LogP contribution in [-0.2, 0) is 6.61 Å². The summed E-state index contributed by atoms with van der Waals surface area (Å²) >= 11 is 14.3. The van der Waals surface area contributed by atoms with Gasteiger partial charge >= 0.3 is 0 Å². The number of hydrogen-bond acceptors (Lipinski definition) is 4. The van der Waals surface area contributed by atoms with Gasteiger partial charge in [0.2, 0.25) is 0 Å². The van der Waals surface area contributed by atoms with Gasteiger partial charge in [-0.2, -0.15) is 5.10 Å². The highest BCUT2D eigenvalue weighted by atomic mass is 127. The second kappa shape index (κ2) is 10.7. The number of carbonyl (C=O) groups is 1. The fourth-order valence-electron chi connectivity index (χ4n) is 2.59. The Balaban J connectivity index is 1.76. The average Bonchev–Trinajstić information content (AvgIpc) is 2.73. The van der Waals surface area contributed by atoms with Crippen LogP contribution in [0.4, 0.5) is 0 Å². The molecule has 30 heavy (non-hydrogen) atoms. The number of rotatable bonds is 7. The number of benzene rings is 3. The first-order chi connectivity index (χ1) is 14.5. The van der Waals surface area contributed by atoms with Crippen LogP contribution in [0.2, 0.25) is 10.0 Å². The predicted octanol–water partition coefficient (Wildman–Crippen LogP) is 5.95. The molecule has 3 rings (SSSR count). The van der Waals surface area contributed by atoms with Crippen LogP contribution in [0, 0.1) is 3.57 Å². The molecule has 0 spiro atoms. The van der Waals surface area contributed by atoms with Crippen molar-refractivity contribution in [3.05, 3.63) is 91.0 Å². The van der Waals surface area contributed by atoms with Gasteiger partial charge in [-0.15, -0.1) is 0 Å². The molecule has 0 bridgehead atoms. The Labute approximate surface area is 198 Å². The third-order valence-electron chi connectivity index (χ3n) is 4.07. The van der Waals surface area contributed by atoms with E-state index < -0.39 is 0 Å². The van der Waals surface area contributed by atoms with Crippen molar-refractivity contribution in [1.82, 2.24) is 5.43 Å². The molecule has 0 unspecified atom stereocenters. The minimum absolute atomic E-state index is 0.214. The summed E-state index contributed by atoms with van der Waals surface area (Å²) < 4.78 is 12.3. The van der Waals surface area contributed by atoms with Crippen molar-refractivity contribution in [3.8, 4) is 11.5 Å². The lowest BCUT2D eigenvalue weighted by Gasteiger charge is -2.14. The maximum absolute atomic E-state index is 12.3. The highest BCUT2D eigenvalue weighted by molar-refractivity contribution is 14.1. The molecule has 0 atom stereocenters. The first-order valence-corrected chi connectivity index (χ1v) is 10.6. The van der Waals surface area contributed by atoms with Crippen molar-refractivity contribution in [1.29, 1.82) is 0 Å². The normalized spacial score (nSPS) is 10.8. The van der Waals surface area contributed by atoms with Crippen molar-refractivity contribution in [2.75, 3.05) is 7.11 Å². The van der Waals surface area contributed by atoms with Crippen LogP contribution in [0.1, 0.15) is 21.5 Å². The van der Waals surface area contributed by atoms with Gasteiger partial charge in [-0.3, -0.25) is 4.79 Å². The van der Waals surface area contributed by atoms with Crippen LogP contribution >= 0.6 is 45.8 Å². The van der Waals surface area contributed by atoms with Gasteiger partial charge in [0.15, 0.2) is 11.5 Å². The maximum Gasteiger partial charge on any atom is 0.271 e. The molecule has 8 heteroatoms. The molecule has 0 aliphatic rings. The minimum Gasteiger partial charge on any atom is -0.493 e. The van der Waals surface area contributed by atoms with Gasteiger partial charge in [0.05, 0.1) is 13.3 Å². The van der Waals surface area contributed by atoms with Crippen LogP contribution < -0.4 is 14.9 Å². The predicted molar refractivity (Wildman–Crippen MR) is 128 cm³/mol. The Hall–Kier alpha value is -2.29. The lowest BCUT2D eigenvalue weighted by atomic mass is 10.2. The minimum atomic E-state index is -0.303. The van der Waals surface area contributed by atoms with Crippen LogP contribution in [0.25, 0.3) is 0 Å². The highest BCUT2D eigenvalue weighted by Crippen LogP contribution is 2.32. The van der Waals surface area contributed by atoms with E-state index in [1.54, 1.807) is 43.5 Å². The molecule has 154 valence electrons. The number of nitrogens with zero attached hydrogens (tertiary/aromatic N) is 1. The summed E-state index contributed by atoms with van der Waals surface area (Å²) in [5, 5.41) is 5.13. The Morgan fingerprint density at radius 2 is 1.93 bits per heavy atom. The smallest absolute Gasteiger partial charge is 0.271 e. The van der Waals surface area contributed by atoms with Crippen LogP contribution in [0.15, 0.2) is 65.8 Å². The van der Waals surface area contributed by atoms with Crippen molar-refractivity contribution in [2.45, 2.75) is 6.61 Å². The Morgan fingerprint density at radius 1 is 1.13 bits per heavy atom. The molecule has 3 aromatic rings. The van der Waals surface area contributed by atoms with E-state index in [1.807, 2.05) is 24.3 Å². The molecular formula is C22H17Cl2IN2O3. The molecule has 0 fully saturated rings. The molecule has 0 aromatic heterocycles. The fraction of sp³-hybridized carbons (Fsp3) is 0.0909. The third-order valence-corrected chi connectivity index (χ3v) is 5.33. The van der Waals surface area contributed by atoms with E-state index in [1.165, 1.54) is 6.21 Å². The zero-order valence-corrected chi connectivity index (χ0v) is 19.5. The third kappa shape index (κ3) is 5.87. The van der Waals surface area contributed by atoms with Crippen LogP contribution in [0.5, 0.6) is 11.5 Å². The van der Waals surface area contributed by atoms with Gasteiger partial charge in [0, 0.05) is 30.3 Å². The SMILES string of the molecule is COc1cccc(/C=N\NC(=O)c2cccc(I)c2)c1OCc1ccc(Cl)cc1Cl. The molecule has 3 aromatic carbocycles. The Kier molecular flexibility index (Phi) is 7.95. The number of ether oxygens (including phenoxy) is 2. The molecule has 1 N–H and O–H groups in total. The summed E-state index contributed by atoms with van der Waals surface area (Å²) in [6.45, 7) is 0.214. The summed E-state index contributed by atoms with van der Waals surface area (Å²) in [6.07, 6.45) is 1.51. The van der Waals surface area contributed by atoms with E-state index >= 15 is 0 Å². The molecule has 0 aliphatic carbocycles. The van der Waals surface area contributed by atoms with Crippen molar-refractivity contribution in [3.63, 3.8) is 0 Å². The van der Waals surface area contributed by atoms with E-state index in [0.717, 1.165) is 9.13 Å². The summed E-state index contributed by atoms with van der Waals surface area (Å²) in [7, 11) is 1.55. The van der Waals surface area contributed by atoms with Gasteiger partial charge in [0.1, 0.15) is 6.61 Å². The molecule has 0 aliphatic heterocycles. The number of halogens is 3. The number of carbonyl (C=O) groups excluding carboxylic acids is 1. The van der Waals surface area contributed by atoms with Crippen molar-refractivity contribution in [2.24, 2.45) is 5.10 Å². The second-order valence-corrected chi connectivity index (χ2v) is 8.20. The quantitative estimate of drug-likeness (QED) is 0.223. The second-order valence-electron chi connectivity index (χ2n) is 6.11. The number of amides is 1. The summed E-state index contributed by atoms with van der Waals surface area (Å²) in [5.41, 5.74) is 4.47. The summed E-state index contributed by atoms with van der Waals surface area (Å²) in [6, 6.07) is 17.8. The maximum atomic E-state index is 12.3. The van der Waals surface area contributed by atoms with E-state index in [-0.39, 0.29) is 12.5 Å². The molecule has 1 amide bonds. The average molecular weight is 555 g/mol. The lowest BCUT2D eigenvalue weighted by Crippen LogP contribution is -2.17. The number of methoxy groups -OCH3 is 1. The molecule has 0 saturated heterocycles. The molecule has 5 nitrogen and oxygen atoms in total. The van der Waals surface area contributed by atoms with E-state index in [0.29, 0.717) is 32.7 Å². The number of hydrogen-bond donors (Lipinski definition) is 1. The summed E-state index contributed by atoms with van der Waals surface area (Å²) in [5.74, 6) is 0.717. The Morgan fingerprint density at radius 3 is 2.67 bits per heavy atom. The van der Waals surface area contributed by atoms with Gasteiger partial charge in [-0.25, -0.2) is 5.43 Å². The van der Waals surface area contributed by atoms with Crippen LogP contribution in [0.3, 0.4) is 0 Å². The zero-order valence-electron chi connectivity index (χ0n) is 15.9. The highest BCUT2D eigenvalue weighted by Gasteiger charge is 2.11. The number of nitrogens with one attached hydrogen (secondary N) is 1. The van der Waals surface area contributed by atoms with Crippen LogP contribution in [-0.4, -0.2) is 19.2 Å².